The minimum absolute atomic E-state index is 0.287. The molecule has 0 atom stereocenters. The fourth-order valence-electron chi connectivity index (χ4n) is 1.76. The zero-order valence-corrected chi connectivity index (χ0v) is 8.49. The highest BCUT2D eigenvalue weighted by molar-refractivity contribution is 5.87. The molecule has 1 aliphatic rings. The molecule has 3 rings (SSSR count). The monoisotopic (exact) mass is 214 g/mol. The highest BCUT2D eigenvalue weighted by Crippen LogP contribution is 2.20. The second-order valence-electron chi connectivity index (χ2n) is 3.68. The molecule has 16 heavy (non-hydrogen) atoms. The van der Waals surface area contributed by atoms with Gasteiger partial charge in [0.2, 0.25) is 0 Å². The van der Waals surface area contributed by atoms with Gasteiger partial charge in [0, 0.05) is 28.9 Å². The van der Waals surface area contributed by atoms with Gasteiger partial charge in [0.1, 0.15) is 6.61 Å². The number of anilines is 1. The predicted molar refractivity (Wildman–Crippen MR) is 61.0 cm³/mol. The van der Waals surface area contributed by atoms with Crippen molar-refractivity contribution >= 4 is 22.6 Å². The van der Waals surface area contributed by atoms with Gasteiger partial charge in [-0.3, -0.25) is 0 Å². The van der Waals surface area contributed by atoms with Crippen molar-refractivity contribution in [3.05, 3.63) is 42.2 Å². The molecule has 0 fully saturated rings. The molecule has 1 aromatic carbocycles. The topological polar surface area (TPSA) is 54.1 Å². The third kappa shape index (κ3) is 1.54. The zero-order chi connectivity index (χ0) is 11.0. The molecule has 2 N–H and O–H groups in total. The summed E-state index contributed by atoms with van der Waals surface area (Å²) in [7, 11) is 0. The van der Waals surface area contributed by atoms with Crippen LogP contribution in [0.25, 0.3) is 10.9 Å². The van der Waals surface area contributed by atoms with E-state index in [0.29, 0.717) is 6.61 Å². The summed E-state index contributed by atoms with van der Waals surface area (Å²) in [6.07, 6.45) is 3.37. The van der Waals surface area contributed by atoms with E-state index >= 15 is 0 Å². The number of aromatic amines is 1. The molecule has 2 aromatic rings. The number of carbonyl (C=O) groups is 1. The van der Waals surface area contributed by atoms with Gasteiger partial charge in [-0.2, -0.15) is 0 Å². The van der Waals surface area contributed by atoms with Crippen LogP contribution in [0.2, 0.25) is 0 Å². The molecule has 1 aromatic heterocycles. The Morgan fingerprint density at radius 3 is 3.06 bits per heavy atom. The maximum Gasteiger partial charge on any atom is 0.333 e. The molecule has 0 spiro atoms. The standard InChI is InChI=1S/C12H10N2O2/c15-12-6-10(7-16-12)14-9-1-2-11-8(5-9)3-4-13-11/h1-6,13-14H,7H2. The van der Waals surface area contributed by atoms with Crippen LogP contribution in [0.1, 0.15) is 0 Å². The Morgan fingerprint density at radius 1 is 1.31 bits per heavy atom. The maximum absolute atomic E-state index is 10.9. The minimum atomic E-state index is -0.287. The fourth-order valence-corrected chi connectivity index (χ4v) is 1.76. The van der Waals surface area contributed by atoms with Gasteiger partial charge in [0.25, 0.3) is 0 Å². The van der Waals surface area contributed by atoms with E-state index in [9.17, 15) is 4.79 Å². The van der Waals surface area contributed by atoms with Gasteiger partial charge >= 0.3 is 5.97 Å². The lowest BCUT2D eigenvalue weighted by Gasteiger charge is -2.05. The Bertz CT molecular complexity index is 583. The van der Waals surface area contributed by atoms with E-state index in [4.69, 9.17) is 4.74 Å². The second kappa shape index (κ2) is 3.41. The number of nitrogens with one attached hydrogen (secondary N) is 2. The molecule has 80 valence electrons. The number of ether oxygens (including phenoxy) is 1. The van der Waals surface area contributed by atoms with Crippen LogP contribution in [0.3, 0.4) is 0 Å². The SMILES string of the molecule is O=C1C=C(Nc2ccc3[nH]ccc3c2)CO1. The number of rotatable bonds is 2. The Morgan fingerprint density at radius 2 is 2.25 bits per heavy atom. The first-order valence-corrected chi connectivity index (χ1v) is 5.03. The number of fused-ring (bicyclic) bond motifs is 1. The number of benzene rings is 1. The van der Waals surface area contributed by atoms with Crippen LogP contribution < -0.4 is 5.32 Å². The lowest BCUT2D eigenvalue weighted by Crippen LogP contribution is -2.00. The second-order valence-corrected chi connectivity index (χ2v) is 3.68. The van der Waals surface area contributed by atoms with Crippen molar-refractivity contribution in [2.24, 2.45) is 0 Å². The maximum atomic E-state index is 10.9. The number of carbonyl (C=O) groups excluding carboxylic acids is 1. The Hall–Kier alpha value is -2.23. The molecular formula is C12H10N2O2. The quantitative estimate of drug-likeness (QED) is 0.752. The number of aromatic nitrogens is 1. The highest BCUT2D eigenvalue weighted by atomic mass is 16.5. The van der Waals surface area contributed by atoms with Crippen molar-refractivity contribution in [1.29, 1.82) is 0 Å². The van der Waals surface area contributed by atoms with E-state index in [1.807, 2.05) is 30.5 Å². The minimum Gasteiger partial charge on any atom is -0.456 e. The van der Waals surface area contributed by atoms with Crippen LogP contribution in [0.5, 0.6) is 0 Å². The largest absolute Gasteiger partial charge is 0.456 e. The average Bonchev–Trinajstić information content (AvgIpc) is 2.87. The van der Waals surface area contributed by atoms with Gasteiger partial charge in [-0.1, -0.05) is 0 Å². The normalized spacial score (nSPS) is 15.0. The van der Waals surface area contributed by atoms with Crippen molar-refractivity contribution in [3.8, 4) is 0 Å². The number of esters is 1. The Kier molecular flexibility index (Phi) is 1.93. The molecule has 0 unspecified atom stereocenters. The lowest BCUT2D eigenvalue weighted by atomic mass is 10.2. The van der Waals surface area contributed by atoms with Gasteiger partial charge in [0.15, 0.2) is 0 Å². The van der Waals surface area contributed by atoms with E-state index in [1.165, 1.54) is 6.08 Å². The van der Waals surface area contributed by atoms with Crippen LogP contribution >= 0.6 is 0 Å². The van der Waals surface area contributed by atoms with Crippen LogP contribution in [0, 0.1) is 0 Å². The van der Waals surface area contributed by atoms with Crippen LogP contribution in [-0.2, 0) is 9.53 Å². The van der Waals surface area contributed by atoms with Crippen molar-refractivity contribution in [3.63, 3.8) is 0 Å². The lowest BCUT2D eigenvalue weighted by molar-refractivity contribution is -0.134. The fraction of sp³-hybridized carbons (Fsp3) is 0.0833. The summed E-state index contributed by atoms with van der Waals surface area (Å²) in [6, 6.07) is 7.99. The van der Waals surface area contributed by atoms with Gasteiger partial charge in [-0.05, 0) is 24.3 Å². The van der Waals surface area contributed by atoms with Crippen LogP contribution in [0.15, 0.2) is 42.2 Å². The third-order valence-electron chi connectivity index (χ3n) is 2.52. The van der Waals surface area contributed by atoms with E-state index in [2.05, 4.69) is 10.3 Å². The van der Waals surface area contributed by atoms with Crippen molar-refractivity contribution in [2.75, 3.05) is 11.9 Å². The van der Waals surface area contributed by atoms with E-state index in [-0.39, 0.29) is 5.97 Å². The summed E-state index contributed by atoms with van der Waals surface area (Å²) in [6.45, 7) is 0.323. The first-order chi connectivity index (χ1) is 7.81. The summed E-state index contributed by atoms with van der Waals surface area (Å²) in [5.74, 6) is -0.287. The van der Waals surface area contributed by atoms with Gasteiger partial charge in [-0.15, -0.1) is 0 Å². The zero-order valence-electron chi connectivity index (χ0n) is 8.49. The summed E-state index contributed by atoms with van der Waals surface area (Å²) >= 11 is 0. The molecule has 4 nitrogen and oxygen atoms in total. The average molecular weight is 214 g/mol. The molecule has 0 saturated heterocycles. The van der Waals surface area contributed by atoms with Crippen molar-refractivity contribution in [2.45, 2.75) is 0 Å². The predicted octanol–water partition coefficient (Wildman–Crippen LogP) is 2.02. The number of H-pyrrole nitrogens is 1. The van der Waals surface area contributed by atoms with E-state index < -0.39 is 0 Å². The highest BCUT2D eigenvalue weighted by Gasteiger charge is 2.12. The number of hydrogen-bond donors (Lipinski definition) is 2. The molecule has 0 bridgehead atoms. The van der Waals surface area contributed by atoms with Gasteiger partial charge in [-0.25, -0.2) is 4.79 Å². The molecule has 2 heterocycles. The van der Waals surface area contributed by atoms with Gasteiger partial charge in [0.05, 0.1) is 5.70 Å². The Balaban J connectivity index is 1.89. The van der Waals surface area contributed by atoms with Gasteiger partial charge < -0.3 is 15.0 Å². The summed E-state index contributed by atoms with van der Waals surface area (Å²) in [5, 5.41) is 4.29. The molecule has 0 amide bonds. The number of hydrogen-bond acceptors (Lipinski definition) is 3. The number of cyclic esters (lactones) is 1. The van der Waals surface area contributed by atoms with Crippen molar-refractivity contribution < 1.29 is 9.53 Å². The smallest absolute Gasteiger partial charge is 0.333 e. The molecule has 4 heteroatoms. The molecule has 0 aliphatic carbocycles. The first-order valence-electron chi connectivity index (χ1n) is 5.03. The molecule has 0 saturated carbocycles. The molecule has 0 radical (unpaired) electrons. The summed E-state index contributed by atoms with van der Waals surface area (Å²) in [5.41, 5.74) is 2.84. The third-order valence-corrected chi connectivity index (χ3v) is 2.52. The van der Waals surface area contributed by atoms with Crippen LogP contribution in [0.4, 0.5) is 5.69 Å². The van der Waals surface area contributed by atoms with E-state index in [1.54, 1.807) is 0 Å². The summed E-state index contributed by atoms with van der Waals surface area (Å²) in [4.78, 5) is 14.0. The van der Waals surface area contributed by atoms with E-state index in [0.717, 1.165) is 22.3 Å². The summed E-state index contributed by atoms with van der Waals surface area (Å²) < 4.78 is 4.81. The Labute approximate surface area is 91.9 Å². The van der Waals surface area contributed by atoms with Crippen molar-refractivity contribution in [1.82, 2.24) is 4.98 Å². The molecule has 1 aliphatic heterocycles. The van der Waals surface area contributed by atoms with Crippen LogP contribution in [-0.4, -0.2) is 17.6 Å². The molecular weight excluding hydrogens is 204 g/mol. The first kappa shape index (κ1) is 9.03.